The molecule has 0 fully saturated rings. The number of fused-ring (bicyclic) bond motifs is 7. The van der Waals surface area contributed by atoms with Crippen molar-refractivity contribution >= 4 is 50.6 Å². The summed E-state index contributed by atoms with van der Waals surface area (Å²) in [5.41, 5.74) is 0.568. The average Bonchev–Trinajstić information content (AvgIpc) is 2.97. The number of rotatable bonds is 1. The van der Waals surface area contributed by atoms with Crippen molar-refractivity contribution < 1.29 is 9.53 Å². The van der Waals surface area contributed by atoms with Gasteiger partial charge < -0.3 is 10.1 Å². The highest BCUT2D eigenvalue weighted by Gasteiger charge is 2.10. The predicted molar refractivity (Wildman–Crippen MR) is 111 cm³/mol. The van der Waals surface area contributed by atoms with Gasteiger partial charge in [0.25, 0.3) is 0 Å². The molecule has 3 heteroatoms. The Bertz CT molecular complexity index is 1400. The summed E-state index contributed by atoms with van der Waals surface area (Å²) in [7, 11) is 1.41. The molecule has 1 aliphatic rings. The fraction of sp³-hybridized carbons (Fsp3) is 0.0417. The lowest BCUT2D eigenvalue weighted by Gasteiger charge is -2.09. The average molecular weight is 351 g/mol. The van der Waals surface area contributed by atoms with E-state index in [2.05, 4.69) is 47.8 Å². The van der Waals surface area contributed by atoms with Gasteiger partial charge in [0.2, 0.25) is 0 Å². The van der Waals surface area contributed by atoms with Crippen molar-refractivity contribution in [2.75, 3.05) is 7.11 Å². The molecule has 0 aliphatic carbocycles. The van der Waals surface area contributed by atoms with Gasteiger partial charge in [-0.05, 0) is 61.0 Å². The second-order valence-corrected chi connectivity index (χ2v) is 6.65. The van der Waals surface area contributed by atoms with E-state index in [0.717, 1.165) is 16.2 Å². The molecule has 0 saturated heterocycles. The van der Waals surface area contributed by atoms with E-state index in [1.165, 1.54) is 33.7 Å². The summed E-state index contributed by atoms with van der Waals surface area (Å²) in [6.07, 6.45) is 8.10. The zero-order valence-electron chi connectivity index (χ0n) is 14.8. The first kappa shape index (κ1) is 15.6. The molecule has 27 heavy (non-hydrogen) atoms. The molecule has 5 rings (SSSR count). The molecule has 3 nitrogen and oxygen atoms in total. The molecule has 0 atom stereocenters. The van der Waals surface area contributed by atoms with E-state index in [9.17, 15) is 4.79 Å². The molecule has 130 valence electrons. The molecule has 0 unspecified atom stereocenters. The number of benzene rings is 4. The highest BCUT2D eigenvalue weighted by Crippen LogP contribution is 2.30. The van der Waals surface area contributed by atoms with Crippen molar-refractivity contribution in [1.82, 2.24) is 5.32 Å². The lowest BCUT2D eigenvalue weighted by atomic mass is 9.95. The molecule has 1 N–H and O–H groups in total. The Morgan fingerprint density at radius 3 is 2.44 bits per heavy atom. The standard InChI is InChI=1S/C24H17NO2/c1-27-24(26)16-5-4-15-6-8-21-20-9-7-17-14-25-12-2-3-18(17)19(20)10-11-22(21)23(15)13-16/h2-14,25H,1H3. The normalized spacial score (nSPS) is 12.8. The second-order valence-electron chi connectivity index (χ2n) is 6.65. The van der Waals surface area contributed by atoms with Crippen LogP contribution in [0.25, 0.3) is 44.6 Å². The third-order valence-electron chi connectivity index (χ3n) is 5.21. The summed E-state index contributed by atoms with van der Waals surface area (Å²) in [5, 5.41) is 12.5. The van der Waals surface area contributed by atoms with E-state index in [1.54, 1.807) is 0 Å². The minimum absolute atomic E-state index is 0.315. The summed E-state index contributed by atoms with van der Waals surface area (Å²) < 4.78 is 4.88. The van der Waals surface area contributed by atoms with Gasteiger partial charge >= 0.3 is 5.97 Å². The number of esters is 1. The van der Waals surface area contributed by atoms with Crippen LogP contribution in [0.3, 0.4) is 0 Å². The highest BCUT2D eigenvalue weighted by atomic mass is 16.5. The molecule has 1 aliphatic heterocycles. The molecule has 4 aromatic rings. The minimum atomic E-state index is -0.315. The van der Waals surface area contributed by atoms with Gasteiger partial charge in [0.1, 0.15) is 0 Å². The molecular formula is C24H17NO2. The summed E-state index contributed by atoms with van der Waals surface area (Å²) >= 11 is 0. The first-order chi connectivity index (χ1) is 13.3. The number of hydrogen-bond acceptors (Lipinski definition) is 3. The fourth-order valence-corrected chi connectivity index (χ4v) is 3.89. The van der Waals surface area contributed by atoms with Crippen LogP contribution in [-0.2, 0) is 4.74 Å². The third-order valence-corrected chi connectivity index (χ3v) is 5.21. The van der Waals surface area contributed by atoms with Gasteiger partial charge in [-0.25, -0.2) is 4.79 Å². The molecule has 1 heterocycles. The van der Waals surface area contributed by atoms with Crippen LogP contribution in [0.2, 0.25) is 0 Å². The summed E-state index contributed by atoms with van der Waals surface area (Å²) in [5.74, 6) is -0.315. The van der Waals surface area contributed by atoms with Crippen molar-refractivity contribution in [3.63, 3.8) is 0 Å². The summed E-state index contributed by atoms with van der Waals surface area (Å²) in [6.45, 7) is 0. The van der Waals surface area contributed by atoms with E-state index < -0.39 is 0 Å². The van der Waals surface area contributed by atoms with Crippen molar-refractivity contribution in [2.45, 2.75) is 0 Å². The summed E-state index contributed by atoms with van der Waals surface area (Å²) in [4.78, 5) is 12.0. The van der Waals surface area contributed by atoms with Crippen molar-refractivity contribution in [3.05, 3.63) is 82.9 Å². The molecular weight excluding hydrogens is 334 g/mol. The zero-order chi connectivity index (χ0) is 18.4. The highest BCUT2D eigenvalue weighted by molar-refractivity contribution is 6.18. The molecule has 0 aromatic heterocycles. The van der Waals surface area contributed by atoms with Crippen LogP contribution in [0.4, 0.5) is 0 Å². The zero-order valence-corrected chi connectivity index (χ0v) is 14.8. The third kappa shape index (κ3) is 2.40. The lowest BCUT2D eigenvalue weighted by molar-refractivity contribution is 0.0601. The number of carbonyl (C=O) groups excluding carboxylic acids is 1. The minimum Gasteiger partial charge on any atom is -0.465 e. The van der Waals surface area contributed by atoms with Crippen LogP contribution < -0.4 is 15.8 Å². The molecule has 0 saturated carbocycles. The van der Waals surface area contributed by atoms with Crippen LogP contribution in [-0.4, -0.2) is 13.1 Å². The number of carbonyl (C=O) groups is 1. The molecule has 0 amide bonds. The SMILES string of the molecule is COC(=O)c1ccc2ccc3c4ccc5c(c4ccc3c2c1)=CC=CNC=5. The topological polar surface area (TPSA) is 38.3 Å². The maximum atomic E-state index is 12.0. The first-order valence-electron chi connectivity index (χ1n) is 8.86. The Morgan fingerprint density at radius 1 is 0.852 bits per heavy atom. The van der Waals surface area contributed by atoms with Crippen LogP contribution in [0, 0.1) is 0 Å². The van der Waals surface area contributed by atoms with Crippen LogP contribution in [0.5, 0.6) is 0 Å². The Labute approximate surface area is 155 Å². The number of ether oxygens (including phenoxy) is 1. The molecule has 4 aromatic carbocycles. The summed E-state index contributed by atoms with van der Waals surface area (Å²) in [6, 6.07) is 18.6. The van der Waals surface area contributed by atoms with Crippen LogP contribution >= 0.6 is 0 Å². The number of allylic oxidation sites excluding steroid dienone is 1. The van der Waals surface area contributed by atoms with Crippen molar-refractivity contribution in [3.8, 4) is 0 Å². The second kappa shape index (κ2) is 5.99. The smallest absolute Gasteiger partial charge is 0.337 e. The van der Waals surface area contributed by atoms with Crippen LogP contribution in [0.1, 0.15) is 10.4 Å². The molecule has 0 bridgehead atoms. The van der Waals surface area contributed by atoms with Gasteiger partial charge in [-0.3, -0.25) is 0 Å². The van der Waals surface area contributed by atoms with Gasteiger partial charge in [0, 0.05) is 12.4 Å². The predicted octanol–water partition coefficient (Wildman–Crippen LogP) is 3.57. The maximum Gasteiger partial charge on any atom is 0.337 e. The molecule has 0 spiro atoms. The van der Waals surface area contributed by atoms with Crippen molar-refractivity contribution in [1.29, 1.82) is 0 Å². The molecule has 0 radical (unpaired) electrons. The van der Waals surface area contributed by atoms with Crippen molar-refractivity contribution in [2.24, 2.45) is 0 Å². The van der Waals surface area contributed by atoms with Gasteiger partial charge in [-0.15, -0.1) is 0 Å². The van der Waals surface area contributed by atoms with E-state index in [0.29, 0.717) is 5.56 Å². The maximum absolute atomic E-state index is 12.0. The quantitative estimate of drug-likeness (QED) is 0.421. The number of hydrogen-bond donors (Lipinski definition) is 1. The van der Waals surface area contributed by atoms with Gasteiger partial charge in [0.05, 0.1) is 12.7 Å². The lowest BCUT2D eigenvalue weighted by Crippen LogP contribution is -2.25. The number of methoxy groups -OCH3 is 1. The monoisotopic (exact) mass is 351 g/mol. The fourth-order valence-electron chi connectivity index (χ4n) is 3.89. The Balaban J connectivity index is 1.90. The van der Waals surface area contributed by atoms with Gasteiger partial charge in [-0.1, -0.05) is 48.5 Å². The first-order valence-corrected chi connectivity index (χ1v) is 8.86. The van der Waals surface area contributed by atoms with E-state index >= 15 is 0 Å². The van der Waals surface area contributed by atoms with E-state index in [4.69, 9.17) is 4.74 Å². The van der Waals surface area contributed by atoms with Crippen LogP contribution in [0.15, 0.2) is 66.9 Å². The van der Waals surface area contributed by atoms with Gasteiger partial charge in [0.15, 0.2) is 0 Å². The largest absolute Gasteiger partial charge is 0.465 e. The Morgan fingerprint density at radius 2 is 1.56 bits per heavy atom. The Kier molecular flexibility index (Phi) is 3.47. The van der Waals surface area contributed by atoms with Gasteiger partial charge in [-0.2, -0.15) is 0 Å². The Hall–Kier alpha value is -3.59. The van der Waals surface area contributed by atoms with E-state index in [-0.39, 0.29) is 5.97 Å². The van der Waals surface area contributed by atoms with E-state index in [1.807, 2.05) is 36.7 Å². The number of nitrogens with one attached hydrogen (secondary N) is 1.